The fourth-order valence-electron chi connectivity index (χ4n) is 2.79. The zero-order chi connectivity index (χ0) is 13.6. The van der Waals surface area contributed by atoms with Crippen molar-refractivity contribution in [3.05, 3.63) is 0 Å². The largest absolute Gasteiger partial charge is 0.305 e. The van der Waals surface area contributed by atoms with Crippen LogP contribution in [0, 0.1) is 5.41 Å². The standard InChI is InChI=1S/C13H26BrNO2S/c1-15(9-10-18(2,16)17)12-13(11-14)7-5-3-4-6-8-13/h3-12H2,1-2H3. The van der Waals surface area contributed by atoms with E-state index in [1.54, 1.807) is 0 Å². The van der Waals surface area contributed by atoms with E-state index in [-0.39, 0.29) is 5.75 Å². The summed E-state index contributed by atoms with van der Waals surface area (Å²) in [6, 6.07) is 0. The van der Waals surface area contributed by atoms with Gasteiger partial charge in [0.2, 0.25) is 0 Å². The van der Waals surface area contributed by atoms with E-state index in [0.717, 1.165) is 11.9 Å². The zero-order valence-corrected chi connectivity index (χ0v) is 14.0. The summed E-state index contributed by atoms with van der Waals surface area (Å²) >= 11 is 3.68. The summed E-state index contributed by atoms with van der Waals surface area (Å²) in [7, 11) is -0.805. The maximum absolute atomic E-state index is 11.2. The van der Waals surface area contributed by atoms with Crippen LogP contribution in [0.3, 0.4) is 0 Å². The number of alkyl halides is 1. The van der Waals surface area contributed by atoms with E-state index in [9.17, 15) is 8.42 Å². The van der Waals surface area contributed by atoms with Gasteiger partial charge < -0.3 is 4.90 Å². The van der Waals surface area contributed by atoms with Gasteiger partial charge in [0.05, 0.1) is 5.75 Å². The Labute approximate surface area is 120 Å². The van der Waals surface area contributed by atoms with Crippen LogP contribution in [0.1, 0.15) is 38.5 Å². The van der Waals surface area contributed by atoms with Crippen molar-refractivity contribution in [3.63, 3.8) is 0 Å². The molecule has 1 saturated carbocycles. The van der Waals surface area contributed by atoms with Crippen LogP contribution in [-0.2, 0) is 9.84 Å². The molecular formula is C13H26BrNO2S. The SMILES string of the molecule is CN(CCS(C)(=O)=O)CC1(CBr)CCCCCC1. The second-order valence-corrected chi connectivity index (χ2v) is 8.74. The summed E-state index contributed by atoms with van der Waals surface area (Å²) in [6.45, 7) is 1.65. The smallest absolute Gasteiger partial charge is 0.148 e. The monoisotopic (exact) mass is 339 g/mol. The van der Waals surface area contributed by atoms with E-state index in [1.807, 2.05) is 7.05 Å². The molecule has 0 radical (unpaired) electrons. The van der Waals surface area contributed by atoms with E-state index in [2.05, 4.69) is 20.8 Å². The van der Waals surface area contributed by atoms with E-state index >= 15 is 0 Å². The number of sulfone groups is 1. The highest BCUT2D eigenvalue weighted by Gasteiger charge is 2.31. The summed E-state index contributed by atoms with van der Waals surface area (Å²) in [5.41, 5.74) is 0.350. The lowest BCUT2D eigenvalue weighted by Gasteiger charge is -2.35. The molecule has 1 aliphatic rings. The van der Waals surface area contributed by atoms with Crippen LogP contribution < -0.4 is 0 Å². The molecule has 0 N–H and O–H groups in total. The van der Waals surface area contributed by atoms with Gasteiger partial charge in [0.15, 0.2) is 0 Å². The van der Waals surface area contributed by atoms with Crippen molar-refractivity contribution in [2.45, 2.75) is 38.5 Å². The van der Waals surface area contributed by atoms with Crippen LogP contribution in [0.2, 0.25) is 0 Å². The van der Waals surface area contributed by atoms with Gasteiger partial charge in [0.1, 0.15) is 9.84 Å². The highest BCUT2D eigenvalue weighted by Crippen LogP contribution is 2.37. The maximum atomic E-state index is 11.2. The van der Waals surface area contributed by atoms with Gasteiger partial charge in [-0.15, -0.1) is 0 Å². The quantitative estimate of drug-likeness (QED) is 0.551. The number of rotatable bonds is 6. The first-order valence-corrected chi connectivity index (χ1v) is 9.97. The molecule has 0 heterocycles. The molecule has 0 unspecified atom stereocenters. The third-order valence-electron chi connectivity index (χ3n) is 3.90. The molecule has 0 atom stereocenters. The first-order chi connectivity index (χ1) is 8.37. The molecule has 1 aliphatic carbocycles. The Hall–Kier alpha value is 0.390. The number of hydrogen-bond donors (Lipinski definition) is 0. The Morgan fingerprint density at radius 2 is 1.72 bits per heavy atom. The fraction of sp³-hybridized carbons (Fsp3) is 1.00. The molecule has 3 nitrogen and oxygen atoms in total. The lowest BCUT2D eigenvalue weighted by atomic mass is 9.82. The van der Waals surface area contributed by atoms with Gasteiger partial charge in [-0.2, -0.15) is 0 Å². The average Bonchev–Trinajstić information content (AvgIpc) is 2.52. The Kier molecular flexibility index (Phi) is 6.62. The van der Waals surface area contributed by atoms with E-state index in [4.69, 9.17) is 0 Å². The molecule has 0 saturated heterocycles. The Morgan fingerprint density at radius 1 is 1.17 bits per heavy atom. The molecule has 0 spiro atoms. The average molecular weight is 340 g/mol. The third-order valence-corrected chi connectivity index (χ3v) is 6.01. The second-order valence-electron chi connectivity index (χ2n) is 5.92. The van der Waals surface area contributed by atoms with Crippen molar-refractivity contribution < 1.29 is 8.42 Å². The van der Waals surface area contributed by atoms with E-state index < -0.39 is 9.84 Å². The second kappa shape index (κ2) is 7.25. The van der Waals surface area contributed by atoms with Gasteiger partial charge in [0, 0.05) is 24.7 Å². The Balaban J connectivity index is 2.50. The van der Waals surface area contributed by atoms with Crippen LogP contribution in [0.5, 0.6) is 0 Å². The topological polar surface area (TPSA) is 37.4 Å². The van der Waals surface area contributed by atoms with Gasteiger partial charge in [-0.1, -0.05) is 41.6 Å². The summed E-state index contributed by atoms with van der Waals surface area (Å²) < 4.78 is 22.4. The lowest BCUT2D eigenvalue weighted by molar-refractivity contribution is 0.182. The minimum absolute atomic E-state index is 0.266. The Morgan fingerprint density at radius 3 is 2.17 bits per heavy atom. The number of nitrogens with zero attached hydrogens (tertiary/aromatic N) is 1. The summed E-state index contributed by atoms with van der Waals surface area (Å²) in [4.78, 5) is 2.19. The molecule has 0 bridgehead atoms. The van der Waals surface area contributed by atoms with Gasteiger partial charge in [-0.3, -0.25) is 0 Å². The highest BCUT2D eigenvalue weighted by atomic mass is 79.9. The molecule has 0 amide bonds. The highest BCUT2D eigenvalue weighted by molar-refractivity contribution is 9.09. The molecule has 0 aromatic heterocycles. The van der Waals surface area contributed by atoms with Crippen molar-refractivity contribution in [2.24, 2.45) is 5.41 Å². The fourth-order valence-corrected chi connectivity index (χ4v) is 4.17. The molecule has 0 aromatic carbocycles. The van der Waals surface area contributed by atoms with Gasteiger partial charge in [-0.05, 0) is 25.3 Å². The molecule has 0 aliphatic heterocycles. The molecule has 1 rings (SSSR count). The maximum Gasteiger partial charge on any atom is 0.148 e. The van der Waals surface area contributed by atoms with Crippen LogP contribution in [0.25, 0.3) is 0 Å². The van der Waals surface area contributed by atoms with Crippen LogP contribution in [0.15, 0.2) is 0 Å². The van der Waals surface area contributed by atoms with Crippen LogP contribution in [-0.4, -0.2) is 50.8 Å². The van der Waals surface area contributed by atoms with Crippen LogP contribution >= 0.6 is 15.9 Å². The van der Waals surface area contributed by atoms with Crippen molar-refractivity contribution in [1.29, 1.82) is 0 Å². The lowest BCUT2D eigenvalue weighted by Crippen LogP contribution is -2.38. The first kappa shape index (κ1) is 16.4. The van der Waals surface area contributed by atoms with Crippen molar-refractivity contribution in [1.82, 2.24) is 4.90 Å². The zero-order valence-electron chi connectivity index (χ0n) is 11.6. The summed E-state index contributed by atoms with van der Waals surface area (Å²) in [5.74, 6) is 0.266. The summed E-state index contributed by atoms with van der Waals surface area (Å²) in [5, 5.41) is 1.03. The van der Waals surface area contributed by atoms with Gasteiger partial charge in [-0.25, -0.2) is 8.42 Å². The van der Waals surface area contributed by atoms with E-state index in [1.165, 1.54) is 44.8 Å². The normalized spacial score (nSPS) is 20.9. The van der Waals surface area contributed by atoms with Gasteiger partial charge >= 0.3 is 0 Å². The Bertz CT molecular complexity index is 335. The predicted octanol–water partition coefficient (Wildman–Crippen LogP) is 2.70. The predicted molar refractivity (Wildman–Crippen MR) is 81.1 cm³/mol. The molecule has 108 valence electrons. The van der Waals surface area contributed by atoms with Crippen molar-refractivity contribution in [2.75, 3.05) is 37.5 Å². The van der Waals surface area contributed by atoms with Crippen molar-refractivity contribution in [3.8, 4) is 0 Å². The van der Waals surface area contributed by atoms with E-state index in [0.29, 0.717) is 12.0 Å². The minimum atomic E-state index is -2.85. The third kappa shape index (κ3) is 6.02. The minimum Gasteiger partial charge on any atom is -0.305 e. The van der Waals surface area contributed by atoms with Crippen molar-refractivity contribution >= 4 is 25.8 Å². The van der Waals surface area contributed by atoms with Gasteiger partial charge in [0.25, 0.3) is 0 Å². The number of halogens is 1. The van der Waals surface area contributed by atoms with Crippen LogP contribution in [0.4, 0.5) is 0 Å². The molecule has 5 heteroatoms. The molecule has 0 aromatic rings. The molecule has 18 heavy (non-hydrogen) atoms. The first-order valence-electron chi connectivity index (χ1n) is 6.79. The number of hydrogen-bond acceptors (Lipinski definition) is 3. The molecular weight excluding hydrogens is 314 g/mol. The molecule has 1 fully saturated rings. The summed E-state index contributed by atoms with van der Waals surface area (Å²) in [6.07, 6.45) is 9.16.